The Labute approximate surface area is 104 Å². The Morgan fingerprint density at radius 1 is 1.11 bits per heavy atom. The topological polar surface area (TPSA) is 55.7 Å². The molecule has 5 nitrogen and oxygen atoms in total. The standard InChI is InChI=1S/C13H11N3O2/c1-2-12-13(18-9-17-12)7-10(1)8-15-16-11-3-5-14-6-4-11/h1-8H,9H2,(H,14,16)/b15-8+. The molecule has 0 amide bonds. The number of aromatic nitrogens is 1. The van der Waals surface area contributed by atoms with Crippen LogP contribution in [0.1, 0.15) is 5.56 Å². The second-order valence-electron chi connectivity index (χ2n) is 3.72. The van der Waals surface area contributed by atoms with Gasteiger partial charge in [-0.2, -0.15) is 5.10 Å². The van der Waals surface area contributed by atoms with E-state index in [2.05, 4.69) is 15.5 Å². The zero-order valence-electron chi connectivity index (χ0n) is 9.54. The maximum Gasteiger partial charge on any atom is 0.231 e. The van der Waals surface area contributed by atoms with Crippen molar-refractivity contribution in [1.29, 1.82) is 0 Å². The van der Waals surface area contributed by atoms with E-state index in [9.17, 15) is 0 Å². The lowest BCUT2D eigenvalue weighted by Gasteiger charge is -1.99. The van der Waals surface area contributed by atoms with Crippen LogP contribution in [0.4, 0.5) is 5.69 Å². The summed E-state index contributed by atoms with van der Waals surface area (Å²) in [5.41, 5.74) is 4.75. The first-order chi connectivity index (χ1) is 8.92. The molecule has 90 valence electrons. The molecule has 0 unspecified atom stereocenters. The van der Waals surface area contributed by atoms with E-state index in [1.54, 1.807) is 18.6 Å². The van der Waals surface area contributed by atoms with Crippen molar-refractivity contribution in [3.05, 3.63) is 48.3 Å². The highest BCUT2D eigenvalue weighted by molar-refractivity contribution is 5.81. The van der Waals surface area contributed by atoms with Crippen molar-refractivity contribution < 1.29 is 9.47 Å². The van der Waals surface area contributed by atoms with Crippen LogP contribution in [0.2, 0.25) is 0 Å². The molecular formula is C13H11N3O2. The van der Waals surface area contributed by atoms with Gasteiger partial charge in [0.1, 0.15) is 0 Å². The number of benzene rings is 1. The van der Waals surface area contributed by atoms with E-state index in [1.165, 1.54) is 0 Å². The Hall–Kier alpha value is -2.56. The smallest absolute Gasteiger partial charge is 0.231 e. The molecule has 0 radical (unpaired) electrons. The lowest BCUT2D eigenvalue weighted by molar-refractivity contribution is 0.174. The molecule has 0 saturated carbocycles. The summed E-state index contributed by atoms with van der Waals surface area (Å²) in [6, 6.07) is 9.37. The van der Waals surface area contributed by atoms with Crippen LogP contribution in [0.3, 0.4) is 0 Å². The average molecular weight is 241 g/mol. The van der Waals surface area contributed by atoms with Gasteiger partial charge in [-0.15, -0.1) is 0 Å². The first-order valence-electron chi connectivity index (χ1n) is 5.50. The fourth-order valence-electron chi connectivity index (χ4n) is 1.60. The lowest BCUT2D eigenvalue weighted by atomic mass is 10.2. The van der Waals surface area contributed by atoms with Crippen LogP contribution >= 0.6 is 0 Å². The van der Waals surface area contributed by atoms with Crippen molar-refractivity contribution in [1.82, 2.24) is 4.98 Å². The summed E-state index contributed by atoms with van der Waals surface area (Å²) in [7, 11) is 0. The van der Waals surface area contributed by atoms with Crippen molar-refractivity contribution in [3.8, 4) is 11.5 Å². The summed E-state index contributed by atoms with van der Waals surface area (Å²) < 4.78 is 10.5. The molecule has 2 aromatic rings. The van der Waals surface area contributed by atoms with E-state index in [4.69, 9.17) is 9.47 Å². The summed E-state index contributed by atoms with van der Waals surface area (Å²) in [5, 5.41) is 4.14. The number of hydrogen-bond donors (Lipinski definition) is 1. The number of pyridine rings is 1. The number of fused-ring (bicyclic) bond motifs is 1. The largest absolute Gasteiger partial charge is 0.454 e. The summed E-state index contributed by atoms with van der Waals surface area (Å²) >= 11 is 0. The van der Waals surface area contributed by atoms with E-state index < -0.39 is 0 Å². The quantitative estimate of drug-likeness (QED) is 0.661. The Morgan fingerprint density at radius 3 is 2.83 bits per heavy atom. The van der Waals surface area contributed by atoms with E-state index in [1.807, 2.05) is 30.3 Å². The highest BCUT2D eigenvalue weighted by Gasteiger charge is 2.12. The van der Waals surface area contributed by atoms with Crippen molar-refractivity contribution in [2.45, 2.75) is 0 Å². The number of ether oxygens (including phenoxy) is 2. The first-order valence-corrected chi connectivity index (χ1v) is 5.50. The van der Waals surface area contributed by atoms with Crippen molar-refractivity contribution >= 4 is 11.9 Å². The molecule has 0 fully saturated rings. The molecule has 5 heteroatoms. The van der Waals surface area contributed by atoms with Crippen LogP contribution in [0.25, 0.3) is 0 Å². The van der Waals surface area contributed by atoms with Gasteiger partial charge in [-0.3, -0.25) is 10.4 Å². The van der Waals surface area contributed by atoms with Crippen molar-refractivity contribution in [3.63, 3.8) is 0 Å². The van der Waals surface area contributed by atoms with Gasteiger partial charge in [0.05, 0.1) is 11.9 Å². The Bertz CT molecular complexity index is 570. The molecule has 1 aromatic carbocycles. The Balaban J connectivity index is 1.69. The highest BCUT2D eigenvalue weighted by Crippen LogP contribution is 2.31. The Kier molecular flexibility index (Phi) is 2.79. The maximum absolute atomic E-state index is 5.29. The van der Waals surface area contributed by atoms with Crippen LogP contribution in [0.5, 0.6) is 11.5 Å². The van der Waals surface area contributed by atoms with Crippen LogP contribution in [0, 0.1) is 0 Å². The summed E-state index contributed by atoms with van der Waals surface area (Å²) in [6.45, 7) is 0.283. The molecule has 18 heavy (non-hydrogen) atoms. The fourth-order valence-corrected chi connectivity index (χ4v) is 1.60. The summed E-state index contributed by atoms with van der Waals surface area (Å²) in [6.07, 6.45) is 5.14. The minimum absolute atomic E-state index is 0.283. The van der Waals surface area contributed by atoms with Crippen LogP contribution in [-0.4, -0.2) is 18.0 Å². The van der Waals surface area contributed by atoms with Gasteiger partial charge in [-0.25, -0.2) is 0 Å². The first kappa shape index (κ1) is 10.6. The summed E-state index contributed by atoms with van der Waals surface area (Å²) in [5.74, 6) is 1.53. The van der Waals surface area contributed by atoms with Gasteiger partial charge in [0.15, 0.2) is 11.5 Å². The molecule has 1 aromatic heterocycles. The normalized spacial score (nSPS) is 12.9. The van der Waals surface area contributed by atoms with Gasteiger partial charge >= 0.3 is 0 Å². The van der Waals surface area contributed by atoms with Gasteiger partial charge in [0.2, 0.25) is 6.79 Å². The number of anilines is 1. The van der Waals surface area contributed by atoms with Gasteiger partial charge in [-0.1, -0.05) is 0 Å². The van der Waals surface area contributed by atoms with Gasteiger partial charge < -0.3 is 9.47 Å². The second-order valence-corrected chi connectivity index (χ2v) is 3.72. The fraction of sp³-hybridized carbons (Fsp3) is 0.0769. The molecule has 1 N–H and O–H groups in total. The van der Waals surface area contributed by atoms with Crippen molar-refractivity contribution in [2.75, 3.05) is 12.2 Å². The lowest BCUT2D eigenvalue weighted by Crippen LogP contribution is -1.93. The molecule has 0 saturated heterocycles. The molecule has 0 spiro atoms. The van der Waals surface area contributed by atoms with Crippen molar-refractivity contribution in [2.24, 2.45) is 5.10 Å². The van der Waals surface area contributed by atoms with E-state index in [0.29, 0.717) is 0 Å². The third-order valence-electron chi connectivity index (χ3n) is 2.48. The third kappa shape index (κ3) is 2.24. The zero-order chi connectivity index (χ0) is 12.2. The molecule has 0 bridgehead atoms. The summed E-state index contributed by atoms with van der Waals surface area (Å²) in [4.78, 5) is 3.93. The molecule has 2 heterocycles. The number of rotatable bonds is 3. The predicted molar refractivity (Wildman–Crippen MR) is 68.0 cm³/mol. The minimum atomic E-state index is 0.283. The minimum Gasteiger partial charge on any atom is -0.454 e. The molecule has 3 rings (SSSR count). The third-order valence-corrected chi connectivity index (χ3v) is 2.48. The molecule has 1 aliphatic heterocycles. The monoisotopic (exact) mass is 241 g/mol. The molecule has 1 aliphatic rings. The van der Waals surface area contributed by atoms with Gasteiger partial charge in [-0.05, 0) is 35.9 Å². The maximum atomic E-state index is 5.29. The molecule has 0 aliphatic carbocycles. The van der Waals surface area contributed by atoms with E-state index in [0.717, 1.165) is 22.7 Å². The second kappa shape index (κ2) is 4.75. The van der Waals surface area contributed by atoms with E-state index in [-0.39, 0.29) is 6.79 Å². The van der Waals surface area contributed by atoms with Gasteiger partial charge in [0.25, 0.3) is 0 Å². The molecular weight excluding hydrogens is 230 g/mol. The zero-order valence-corrected chi connectivity index (χ0v) is 9.54. The molecule has 0 atom stereocenters. The SMILES string of the molecule is C(=N\Nc1ccncc1)/c1ccc2c(c1)OCO2. The van der Waals surface area contributed by atoms with Crippen LogP contribution in [-0.2, 0) is 0 Å². The average Bonchev–Trinajstić information content (AvgIpc) is 2.87. The van der Waals surface area contributed by atoms with Gasteiger partial charge in [0, 0.05) is 12.4 Å². The number of hydrogen-bond acceptors (Lipinski definition) is 5. The Morgan fingerprint density at radius 2 is 1.94 bits per heavy atom. The van der Waals surface area contributed by atoms with E-state index >= 15 is 0 Å². The van der Waals surface area contributed by atoms with Crippen LogP contribution < -0.4 is 14.9 Å². The number of hydrazone groups is 1. The van der Waals surface area contributed by atoms with Crippen LogP contribution in [0.15, 0.2) is 47.8 Å². The highest BCUT2D eigenvalue weighted by atomic mass is 16.7. The predicted octanol–water partition coefficient (Wildman–Crippen LogP) is 2.26. The number of nitrogens with zero attached hydrogens (tertiary/aromatic N) is 2. The number of nitrogens with one attached hydrogen (secondary N) is 1.